The average molecular weight is 222 g/mol. The number of fused-ring (bicyclic) bond motifs is 3. The lowest BCUT2D eigenvalue weighted by Gasteiger charge is -2.20. The van der Waals surface area contributed by atoms with Crippen LogP contribution in [0.4, 0.5) is 0 Å². The molecule has 0 saturated carbocycles. The fourth-order valence-corrected chi connectivity index (χ4v) is 2.55. The highest BCUT2D eigenvalue weighted by Gasteiger charge is 2.16. The molecule has 1 aliphatic rings. The fraction of sp³-hybridized carbons (Fsp3) is 0.188. The summed E-state index contributed by atoms with van der Waals surface area (Å²) in [5, 5.41) is 0. The number of carbonyl (C=O) groups excluding carboxylic acids is 1. The van der Waals surface area contributed by atoms with Gasteiger partial charge in [-0.25, -0.2) is 0 Å². The molecule has 0 heterocycles. The van der Waals surface area contributed by atoms with Gasteiger partial charge in [-0.2, -0.15) is 0 Å². The van der Waals surface area contributed by atoms with Crippen LogP contribution in [0.1, 0.15) is 28.4 Å². The maximum Gasteiger partial charge on any atom is 0.159 e. The summed E-state index contributed by atoms with van der Waals surface area (Å²) in [5.41, 5.74) is 6.15. The van der Waals surface area contributed by atoms with Gasteiger partial charge in [0.1, 0.15) is 0 Å². The van der Waals surface area contributed by atoms with Gasteiger partial charge in [-0.3, -0.25) is 4.79 Å². The van der Waals surface area contributed by atoms with Crippen molar-refractivity contribution in [2.75, 3.05) is 0 Å². The molecule has 1 nitrogen and oxygen atoms in total. The van der Waals surface area contributed by atoms with Crippen molar-refractivity contribution in [2.45, 2.75) is 19.8 Å². The lowest BCUT2D eigenvalue weighted by atomic mass is 9.84. The Morgan fingerprint density at radius 3 is 2.47 bits per heavy atom. The molecule has 2 aromatic carbocycles. The average Bonchev–Trinajstić information content (AvgIpc) is 2.38. The Bertz CT molecular complexity index is 596. The molecule has 0 amide bonds. The highest BCUT2D eigenvalue weighted by atomic mass is 16.1. The van der Waals surface area contributed by atoms with Crippen LogP contribution in [-0.2, 0) is 12.8 Å². The summed E-state index contributed by atoms with van der Waals surface area (Å²) in [7, 11) is 0. The van der Waals surface area contributed by atoms with Gasteiger partial charge in [0.05, 0.1) is 0 Å². The van der Waals surface area contributed by atoms with E-state index < -0.39 is 0 Å². The van der Waals surface area contributed by atoms with Crippen LogP contribution in [0.5, 0.6) is 0 Å². The third-order valence-electron chi connectivity index (χ3n) is 3.48. The van der Waals surface area contributed by atoms with E-state index in [1.165, 1.54) is 22.3 Å². The van der Waals surface area contributed by atoms with Crippen molar-refractivity contribution >= 4 is 5.78 Å². The van der Waals surface area contributed by atoms with Crippen molar-refractivity contribution in [1.82, 2.24) is 0 Å². The molecule has 17 heavy (non-hydrogen) atoms. The number of carbonyl (C=O) groups is 1. The molecular formula is C16H14O. The maximum absolute atomic E-state index is 11.4. The number of ketones is 1. The lowest BCUT2D eigenvalue weighted by molar-refractivity contribution is 0.101. The standard InChI is InChI=1S/C16H14O/c1-11(17)13-8-9-16-14(10-13)7-6-12-4-2-3-5-15(12)16/h2-5,8-10H,6-7H2,1H3. The molecule has 0 unspecified atom stereocenters. The number of rotatable bonds is 1. The Morgan fingerprint density at radius 1 is 0.941 bits per heavy atom. The molecule has 0 N–H and O–H groups in total. The third-order valence-corrected chi connectivity index (χ3v) is 3.48. The van der Waals surface area contributed by atoms with Crippen LogP contribution in [0.25, 0.3) is 11.1 Å². The number of aryl methyl sites for hydroxylation is 2. The molecule has 1 heteroatoms. The number of benzene rings is 2. The first kappa shape index (κ1) is 10.3. The predicted octanol–water partition coefficient (Wildman–Crippen LogP) is 3.65. The van der Waals surface area contributed by atoms with Gasteiger partial charge >= 0.3 is 0 Å². The molecule has 0 aromatic heterocycles. The Morgan fingerprint density at radius 2 is 1.65 bits per heavy atom. The van der Waals surface area contributed by atoms with Gasteiger partial charge in [-0.1, -0.05) is 36.4 Å². The van der Waals surface area contributed by atoms with Gasteiger partial charge in [0.25, 0.3) is 0 Å². The zero-order valence-corrected chi connectivity index (χ0v) is 9.86. The van der Waals surface area contributed by atoms with Crippen LogP contribution < -0.4 is 0 Å². The topological polar surface area (TPSA) is 17.1 Å². The Labute approximate surface area is 101 Å². The van der Waals surface area contributed by atoms with Crippen LogP contribution >= 0.6 is 0 Å². The van der Waals surface area contributed by atoms with Gasteiger partial charge in [-0.05, 0) is 48.1 Å². The Hall–Kier alpha value is -1.89. The molecule has 0 aliphatic heterocycles. The van der Waals surface area contributed by atoms with Crippen molar-refractivity contribution in [3.8, 4) is 11.1 Å². The van der Waals surface area contributed by atoms with Crippen LogP contribution in [0.15, 0.2) is 42.5 Å². The van der Waals surface area contributed by atoms with E-state index in [1.54, 1.807) is 6.92 Å². The molecule has 3 rings (SSSR count). The van der Waals surface area contributed by atoms with Gasteiger partial charge < -0.3 is 0 Å². The third kappa shape index (κ3) is 1.68. The zero-order valence-electron chi connectivity index (χ0n) is 9.86. The summed E-state index contributed by atoms with van der Waals surface area (Å²) in [6.07, 6.45) is 2.11. The van der Waals surface area contributed by atoms with Gasteiger partial charge in [0.2, 0.25) is 0 Å². The molecule has 84 valence electrons. The van der Waals surface area contributed by atoms with E-state index in [9.17, 15) is 4.79 Å². The molecule has 0 atom stereocenters. The SMILES string of the molecule is CC(=O)c1ccc2c(c1)CCc1ccccc1-2. The van der Waals surface area contributed by atoms with E-state index >= 15 is 0 Å². The second kappa shape index (κ2) is 3.85. The van der Waals surface area contributed by atoms with Crippen LogP contribution in [-0.4, -0.2) is 5.78 Å². The number of Topliss-reactive ketones (excluding diaryl/α,β-unsaturated/α-hetero) is 1. The van der Waals surface area contributed by atoms with Crippen molar-refractivity contribution in [3.63, 3.8) is 0 Å². The van der Waals surface area contributed by atoms with Crippen LogP contribution in [0, 0.1) is 0 Å². The minimum absolute atomic E-state index is 0.145. The van der Waals surface area contributed by atoms with E-state index in [2.05, 4.69) is 30.3 Å². The molecular weight excluding hydrogens is 208 g/mol. The van der Waals surface area contributed by atoms with E-state index in [-0.39, 0.29) is 5.78 Å². The van der Waals surface area contributed by atoms with Crippen molar-refractivity contribution in [1.29, 1.82) is 0 Å². The number of hydrogen-bond donors (Lipinski definition) is 0. The van der Waals surface area contributed by atoms with Gasteiger partial charge in [-0.15, -0.1) is 0 Å². The Kier molecular flexibility index (Phi) is 2.32. The monoisotopic (exact) mass is 222 g/mol. The quantitative estimate of drug-likeness (QED) is 0.673. The second-order valence-electron chi connectivity index (χ2n) is 4.59. The number of hydrogen-bond acceptors (Lipinski definition) is 1. The molecule has 1 aliphatic carbocycles. The normalized spacial score (nSPS) is 12.8. The summed E-state index contributed by atoms with van der Waals surface area (Å²) >= 11 is 0. The lowest BCUT2D eigenvalue weighted by Crippen LogP contribution is -2.05. The first-order chi connectivity index (χ1) is 8.25. The predicted molar refractivity (Wildman–Crippen MR) is 69.3 cm³/mol. The van der Waals surface area contributed by atoms with Crippen molar-refractivity contribution < 1.29 is 4.79 Å². The molecule has 0 fully saturated rings. The summed E-state index contributed by atoms with van der Waals surface area (Å²) < 4.78 is 0. The molecule has 0 spiro atoms. The van der Waals surface area contributed by atoms with Crippen LogP contribution in [0.3, 0.4) is 0 Å². The van der Waals surface area contributed by atoms with Gasteiger partial charge in [0.15, 0.2) is 5.78 Å². The highest BCUT2D eigenvalue weighted by molar-refractivity contribution is 5.95. The highest BCUT2D eigenvalue weighted by Crippen LogP contribution is 2.33. The Balaban J connectivity index is 2.18. The molecule has 2 aromatic rings. The van der Waals surface area contributed by atoms with E-state index in [0.29, 0.717) is 0 Å². The van der Waals surface area contributed by atoms with E-state index in [1.807, 2.05) is 12.1 Å². The van der Waals surface area contributed by atoms with Crippen molar-refractivity contribution in [3.05, 3.63) is 59.2 Å². The van der Waals surface area contributed by atoms with Crippen molar-refractivity contribution in [2.24, 2.45) is 0 Å². The summed E-state index contributed by atoms with van der Waals surface area (Å²) in [6, 6.07) is 14.6. The van der Waals surface area contributed by atoms with E-state index in [4.69, 9.17) is 0 Å². The minimum atomic E-state index is 0.145. The minimum Gasteiger partial charge on any atom is -0.295 e. The fourth-order valence-electron chi connectivity index (χ4n) is 2.55. The van der Waals surface area contributed by atoms with Gasteiger partial charge in [0, 0.05) is 5.56 Å². The summed E-state index contributed by atoms with van der Waals surface area (Å²) in [5.74, 6) is 0.145. The molecule has 0 bridgehead atoms. The zero-order chi connectivity index (χ0) is 11.8. The second-order valence-corrected chi connectivity index (χ2v) is 4.59. The smallest absolute Gasteiger partial charge is 0.159 e. The largest absolute Gasteiger partial charge is 0.295 e. The summed E-state index contributed by atoms with van der Waals surface area (Å²) in [4.78, 5) is 11.4. The maximum atomic E-state index is 11.4. The van der Waals surface area contributed by atoms with Crippen LogP contribution in [0.2, 0.25) is 0 Å². The first-order valence-electron chi connectivity index (χ1n) is 5.98. The molecule has 0 radical (unpaired) electrons. The first-order valence-corrected chi connectivity index (χ1v) is 5.98. The summed E-state index contributed by atoms with van der Waals surface area (Å²) in [6.45, 7) is 1.62. The van der Waals surface area contributed by atoms with E-state index in [0.717, 1.165) is 18.4 Å². The molecule has 0 saturated heterocycles.